The van der Waals surface area contributed by atoms with E-state index < -0.39 is 0 Å². The van der Waals surface area contributed by atoms with Gasteiger partial charge in [0, 0.05) is 24.2 Å². The molecule has 36 heavy (non-hydrogen) atoms. The van der Waals surface area contributed by atoms with Crippen molar-refractivity contribution in [2.75, 3.05) is 25.1 Å². The van der Waals surface area contributed by atoms with Crippen LogP contribution in [-0.2, 0) is 11.3 Å². The highest BCUT2D eigenvalue weighted by Gasteiger charge is 2.40. The summed E-state index contributed by atoms with van der Waals surface area (Å²) in [6.45, 7) is 6.54. The third-order valence-corrected chi connectivity index (χ3v) is 7.78. The number of carbonyl (C=O) groups excluding carboxylic acids is 1. The SMILES string of the molecule is COc1ccc(C2CC2)cc1-c1ccc(N2CCC2)nc1CN1C(=O)O[C@H](c2cccc(C)c2)[C@@H]1C. The van der Waals surface area contributed by atoms with Gasteiger partial charge in [-0.25, -0.2) is 9.78 Å². The highest BCUT2D eigenvalue weighted by molar-refractivity contribution is 5.76. The van der Waals surface area contributed by atoms with Crippen molar-refractivity contribution in [3.63, 3.8) is 0 Å². The van der Waals surface area contributed by atoms with Crippen molar-refractivity contribution in [1.82, 2.24) is 9.88 Å². The van der Waals surface area contributed by atoms with Gasteiger partial charge in [-0.3, -0.25) is 4.90 Å². The van der Waals surface area contributed by atoms with Gasteiger partial charge in [0.15, 0.2) is 0 Å². The van der Waals surface area contributed by atoms with E-state index >= 15 is 0 Å². The molecule has 2 saturated heterocycles. The van der Waals surface area contributed by atoms with Crippen LogP contribution in [0.2, 0.25) is 0 Å². The summed E-state index contributed by atoms with van der Waals surface area (Å²) >= 11 is 0. The summed E-state index contributed by atoms with van der Waals surface area (Å²) in [6.07, 6.45) is 3.07. The molecule has 3 aliphatic rings. The smallest absolute Gasteiger partial charge is 0.411 e. The first-order valence-corrected chi connectivity index (χ1v) is 13.0. The summed E-state index contributed by atoms with van der Waals surface area (Å²) in [5.41, 5.74) is 6.45. The number of methoxy groups -OCH3 is 1. The number of rotatable bonds is 7. The van der Waals surface area contributed by atoms with Crippen LogP contribution in [0.3, 0.4) is 0 Å². The van der Waals surface area contributed by atoms with Crippen molar-refractivity contribution in [3.8, 4) is 16.9 Å². The Hall–Kier alpha value is -3.54. The summed E-state index contributed by atoms with van der Waals surface area (Å²) < 4.78 is 11.7. The fourth-order valence-corrected chi connectivity index (χ4v) is 5.35. The number of nitrogens with zero attached hydrogens (tertiary/aromatic N) is 3. The molecule has 3 heterocycles. The molecule has 0 radical (unpaired) electrons. The Morgan fingerprint density at radius 2 is 1.86 bits per heavy atom. The third kappa shape index (κ3) is 4.19. The van der Waals surface area contributed by atoms with Gasteiger partial charge in [0.05, 0.1) is 25.4 Å². The van der Waals surface area contributed by atoms with Gasteiger partial charge in [-0.15, -0.1) is 0 Å². The number of amides is 1. The van der Waals surface area contributed by atoms with Crippen LogP contribution in [0, 0.1) is 6.92 Å². The lowest BCUT2D eigenvalue weighted by atomic mass is 9.97. The Labute approximate surface area is 212 Å². The number of hydrogen-bond acceptors (Lipinski definition) is 5. The van der Waals surface area contributed by atoms with Gasteiger partial charge < -0.3 is 14.4 Å². The van der Waals surface area contributed by atoms with E-state index in [2.05, 4.69) is 61.2 Å². The number of ether oxygens (including phenoxy) is 2. The lowest BCUT2D eigenvalue weighted by Gasteiger charge is -2.33. The van der Waals surface area contributed by atoms with Crippen molar-refractivity contribution in [1.29, 1.82) is 0 Å². The van der Waals surface area contributed by atoms with Gasteiger partial charge in [-0.2, -0.15) is 0 Å². The van der Waals surface area contributed by atoms with Crippen LogP contribution >= 0.6 is 0 Å². The number of aryl methyl sites for hydroxylation is 1. The number of benzene rings is 2. The fraction of sp³-hybridized carbons (Fsp3) is 0.400. The maximum Gasteiger partial charge on any atom is 0.411 e. The first-order valence-electron chi connectivity index (χ1n) is 13.0. The molecule has 6 rings (SSSR count). The van der Waals surface area contributed by atoms with Crippen LogP contribution in [0.4, 0.5) is 10.6 Å². The zero-order valence-electron chi connectivity index (χ0n) is 21.2. The molecule has 1 saturated carbocycles. The standard InChI is InChI=1S/C30H33N3O3/c1-19-6-4-7-23(16-19)29-20(2)33(30(34)36-29)18-26-24(11-13-28(31-26)32-14-5-15-32)25-17-22(21-8-9-21)10-12-27(25)35-3/h4,6-7,10-13,16-17,20-21,29H,5,8-9,14-15,18H2,1-3H3/t20-,29-/m0/s1. The fourth-order valence-electron chi connectivity index (χ4n) is 5.35. The van der Waals surface area contributed by atoms with Crippen molar-refractivity contribution in [2.45, 2.75) is 57.7 Å². The molecule has 0 N–H and O–H groups in total. The topological polar surface area (TPSA) is 54.9 Å². The Morgan fingerprint density at radius 3 is 2.56 bits per heavy atom. The minimum Gasteiger partial charge on any atom is -0.496 e. The normalized spacial score (nSPS) is 21.4. The molecule has 6 heteroatoms. The van der Waals surface area contributed by atoms with E-state index in [1.54, 1.807) is 7.11 Å². The zero-order valence-corrected chi connectivity index (χ0v) is 21.2. The van der Waals surface area contributed by atoms with E-state index in [1.807, 2.05) is 17.0 Å². The summed E-state index contributed by atoms with van der Waals surface area (Å²) in [7, 11) is 1.71. The van der Waals surface area contributed by atoms with Crippen LogP contribution < -0.4 is 9.64 Å². The number of anilines is 1. The van der Waals surface area contributed by atoms with Crippen LogP contribution in [-0.4, -0.2) is 42.2 Å². The molecule has 0 bridgehead atoms. The van der Waals surface area contributed by atoms with Gasteiger partial charge in [0.25, 0.3) is 0 Å². The molecule has 0 unspecified atom stereocenters. The number of aromatic nitrogens is 1. The summed E-state index contributed by atoms with van der Waals surface area (Å²) in [5, 5.41) is 0. The molecule has 2 aliphatic heterocycles. The third-order valence-electron chi connectivity index (χ3n) is 7.78. The first-order chi connectivity index (χ1) is 17.5. The van der Waals surface area contributed by atoms with Crippen molar-refractivity contribution in [3.05, 3.63) is 77.0 Å². The van der Waals surface area contributed by atoms with Crippen LogP contribution in [0.25, 0.3) is 11.1 Å². The number of cyclic esters (lactones) is 1. The monoisotopic (exact) mass is 483 g/mol. The molecular formula is C30H33N3O3. The second-order valence-corrected chi connectivity index (χ2v) is 10.3. The highest BCUT2D eigenvalue weighted by atomic mass is 16.6. The Morgan fingerprint density at radius 1 is 1.03 bits per heavy atom. The molecule has 1 amide bonds. The number of hydrogen-bond donors (Lipinski definition) is 0. The molecule has 2 aromatic carbocycles. The van der Waals surface area contributed by atoms with E-state index in [9.17, 15) is 4.79 Å². The molecule has 2 atom stereocenters. The average molecular weight is 484 g/mol. The van der Waals surface area contributed by atoms with Crippen molar-refractivity contribution < 1.29 is 14.3 Å². The highest BCUT2D eigenvalue weighted by Crippen LogP contribution is 2.44. The van der Waals surface area contributed by atoms with Gasteiger partial charge in [0.1, 0.15) is 17.7 Å². The zero-order chi connectivity index (χ0) is 24.8. The van der Waals surface area contributed by atoms with Gasteiger partial charge in [-0.05, 0) is 74.4 Å². The summed E-state index contributed by atoms with van der Waals surface area (Å²) in [4.78, 5) is 22.3. The summed E-state index contributed by atoms with van der Waals surface area (Å²) in [5.74, 6) is 2.43. The molecule has 1 aliphatic carbocycles. The lowest BCUT2D eigenvalue weighted by molar-refractivity contribution is 0.130. The Balaban J connectivity index is 1.37. The van der Waals surface area contributed by atoms with E-state index in [1.165, 1.54) is 24.8 Å². The lowest BCUT2D eigenvalue weighted by Crippen LogP contribution is -2.38. The number of pyridine rings is 1. The maximum absolute atomic E-state index is 13.1. The molecule has 6 nitrogen and oxygen atoms in total. The van der Waals surface area contributed by atoms with Gasteiger partial charge in [-0.1, -0.05) is 35.9 Å². The van der Waals surface area contributed by atoms with Crippen molar-refractivity contribution >= 4 is 11.9 Å². The molecule has 3 fully saturated rings. The van der Waals surface area contributed by atoms with Gasteiger partial charge in [0.2, 0.25) is 0 Å². The average Bonchev–Trinajstić information content (AvgIpc) is 3.66. The summed E-state index contributed by atoms with van der Waals surface area (Å²) in [6, 6.07) is 18.8. The van der Waals surface area contributed by atoms with Crippen molar-refractivity contribution in [2.24, 2.45) is 0 Å². The van der Waals surface area contributed by atoms with Gasteiger partial charge >= 0.3 is 6.09 Å². The number of carbonyl (C=O) groups is 1. The molecular weight excluding hydrogens is 450 g/mol. The predicted molar refractivity (Wildman–Crippen MR) is 140 cm³/mol. The molecule has 3 aromatic rings. The second kappa shape index (κ2) is 9.16. The maximum atomic E-state index is 13.1. The Kier molecular flexibility index (Phi) is 5.82. The van der Waals surface area contributed by atoms with Crippen LogP contribution in [0.15, 0.2) is 54.6 Å². The van der Waals surface area contributed by atoms with E-state index in [4.69, 9.17) is 14.5 Å². The quantitative estimate of drug-likeness (QED) is 0.398. The predicted octanol–water partition coefficient (Wildman–Crippen LogP) is 6.24. The minimum absolute atomic E-state index is 0.110. The molecule has 1 aromatic heterocycles. The molecule has 186 valence electrons. The minimum atomic E-state index is -0.299. The van der Waals surface area contributed by atoms with E-state index in [0.29, 0.717) is 12.5 Å². The van der Waals surface area contributed by atoms with Crippen LogP contribution in [0.5, 0.6) is 5.75 Å². The Bertz CT molecular complexity index is 1300. The first kappa shape index (κ1) is 22.9. The van der Waals surface area contributed by atoms with E-state index in [0.717, 1.165) is 52.6 Å². The second-order valence-electron chi connectivity index (χ2n) is 10.3. The van der Waals surface area contributed by atoms with Crippen LogP contribution in [0.1, 0.15) is 60.6 Å². The molecule has 0 spiro atoms. The largest absolute Gasteiger partial charge is 0.496 e. The van der Waals surface area contributed by atoms with E-state index in [-0.39, 0.29) is 18.2 Å².